The molecule has 1 heterocycles. The summed E-state index contributed by atoms with van der Waals surface area (Å²) in [4.78, 5) is 2.69. The second kappa shape index (κ2) is 4.79. The molecule has 3 rings (SSSR count). The minimum absolute atomic E-state index is 0.693. The quantitative estimate of drug-likeness (QED) is 0.794. The van der Waals surface area contributed by atoms with E-state index in [1.165, 1.54) is 25.9 Å². The monoisotopic (exact) mass is 230 g/mol. The summed E-state index contributed by atoms with van der Waals surface area (Å²) >= 11 is 0. The molecule has 2 unspecified atom stereocenters. The van der Waals surface area contributed by atoms with Gasteiger partial charge in [0.25, 0.3) is 0 Å². The van der Waals surface area contributed by atoms with E-state index in [4.69, 9.17) is 0 Å². The topological polar surface area (TPSA) is 15.3 Å². The van der Waals surface area contributed by atoms with Crippen LogP contribution in [0.5, 0.6) is 0 Å². The van der Waals surface area contributed by atoms with Gasteiger partial charge in [-0.3, -0.25) is 4.90 Å². The van der Waals surface area contributed by atoms with Crippen LogP contribution in [-0.2, 0) is 6.42 Å². The molecule has 2 nitrogen and oxygen atoms in total. The summed E-state index contributed by atoms with van der Waals surface area (Å²) in [5, 5.41) is 3.45. The summed E-state index contributed by atoms with van der Waals surface area (Å²) in [7, 11) is 0. The number of hydrogen-bond acceptors (Lipinski definition) is 2. The Labute approximate surface area is 104 Å². The molecule has 0 aromatic heterocycles. The van der Waals surface area contributed by atoms with E-state index in [-0.39, 0.29) is 0 Å². The molecule has 0 saturated carbocycles. The van der Waals surface area contributed by atoms with E-state index in [2.05, 4.69) is 41.4 Å². The van der Waals surface area contributed by atoms with Crippen LogP contribution in [0.15, 0.2) is 24.3 Å². The SMILES string of the molecule is CC1c2ccccc2CCC1N1CCNCC1. The molecular formula is C15H22N2. The standard InChI is InChI=1S/C15H22N2/c1-12-14-5-3-2-4-13(14)6-7-15(12)17-10-8-16-9-11-17/h2-5,12,15-16H,6-11H2,1H3. The number of hydrogen-bond donors (Lipinski definition) is 1. The second-order valence-corrected chi connectivity index (χ2v) is 5.38. The average molecular weight is 230 g/mol. The molecule has 0 spiro atoms. The average Bonchev–Trinajstić information content (AvgIpc) is 2.40. The first-order valence-electron chi connectivity index (χ1n) is 6.89. The van der Waals surface area contributed by atoms with Crippen molar-refractivity contribution < 1.29 is 0 Å². The second-order valence-electron chi connectivity index (χ2n) is 5.38. The number of benzene rings is 1. The number of nitrogens with one attached hydrogen (secondary N) is 1. The minimum Gasteiger partial charge on any atom is -0.314 e. The molecule has 1 fully saturated rings. The predicted octanol–water partition coefficient (Wildman–Crippen LogP) is 2.01. The van der Waals surface area contributed by atoms with Gasteiger partial charge in [-0.1, -0.05) is 31.2 Å². The van der Waals surface area contributed by atoms with E-state index in [0.717, 1.165) is 19.1 Å². The molecule has 0 radical (unpaired) electrons. The van der Waals surface area contributed by atoms with Crippen molar-refractivity contribution in [2.75, 3.05) is 26.2 Å². The van der Waals surface area contributed by atoms with Gasteiger partial charge in [-0.15, -0.1) is 0 Å². The number of fused-ring (bicyclic) bond motifs is 1. The summed E-state index contributed by atoms with van der Waals surface area (Å²) in [5.74, 6) is 0.693. The summed E-state index contributed by atoms with van der Waals surface area (Å²) in [6, 6.07) is 9.76. The number of aryl methyl sites for hydroxylation is 1. The maximum absolute atomic E-state index is 3.45. The highest BCUT2D eigenvalue weighted by atomic mass is 15.2. The lowest BCUT2D eigenvalue weighted by Crippen LogP contribution is -2.51. The molecule has 0 amide bonds. The maximum Gasteiger partial charge on any atom is 0.0166 e. The molecule has 1 aromatic rings. The van der Waals surface area contributed by atoms with Gasteiger partial charge in [-0.2, -0.15) is 0 Å². The van der Waals surface area contributed by atoms with E-state index in [1.807, 2.05) is 0 Å². The van der Waals surface area contributed by atoms with Gasteiger partial charge in [0.1, 0.15) is 0 Å². The largest absolute Gasteiger partial charge is 0.314 e. The molecule has 2 aliphatic rings. The van der Waals surface area contributed by atoms with Crippen molar-refractivity contribution in [2.45, 2.75) is 31.7 Å². The van der Waals surface area contributed by atoms with Crippen LogP contribution >= 0.6 is 0 Å². The number of rotatable bonds is 1. The van der Waals surface area contributed by atoms with Crippen molar-refractivity contribution in [2.24, 2.45) is 0 Å². The first kappa shape index (κ1) is 11.2. The van der Waals surface area contributed by atoms with Gasteiger partial charge in [0, 0.05) is 32.2 Å². The lowest BCUT2D eigenvalue weighted by molar-refractivity contribution is 0.141. The number of piperazine rings is 1. The fourth-order valence-electron chi connectivity index (χ4n) is 3.48. The molecule has 0 bridgehead atoms. The zero-order valence-electron chi connectivity index (χ0n) is 10.7. The summed E-state index contributed by atoms with van der Waals surface area (Å²) in [6.45, 7) is 7.16. The van der Waals surface area contributed by atoms with Crippen molar-refractivity contribution in [1.82, 2.24) is 10.2 Å². The van der Waals surface area contributed by atoms with Crippen molar-refractivity contribution in [3.63, 3.8) is 0 Å². The first-order valence-corrected chi connectivity index (χ1v) is 6.89. The fourth-order valence-corrected chi connectivity index (χ4v) is 3.48. The molecular weight excluding hydrogens is 208 g/mol. The third-order valence-electron chi connectivity index (χ3n) is 4.45. The number of nitrogens with zero attached hydrogens (tertiary/aromatic N) is 1. The zero-order valence-corrected chi connectivity index (χ0v) is 10.7. The Morgan fingerprint density at radius 2 is 1.94 bits per heavy atom. The van der Waals surface area contributed by atoms with Crippen LogP contribution in [-0.4, -0.2) is 37.1 Å². The smallest absolute Gasteiger partial charge is 0.0166 e. The van der Waals surface area contributed by atoms with Crippen LogP contribution in [0, 0.1) is 0 Å². The fraction of sp³-hybridized carbons (Fsp3) is 0.600. The molecule has 17 heavy (non-hydrogen) atoms. The Balaban J connectivity index is 1.81. The van der Waals surface area contributed by atoms with Gasteiger partial charge >= 0.3 is 0 Å². The van der Waals surface area contributed by atoms with Gasteiger partial charge in [0.2, 0.25) is 0 Å². The Bertz CT molecular complexity index is 382. The molecule has 2 heteroatoms. The normalized spacial score (nSPS) is 29.9. The molecule has 1 aliphatic heterocycles. The van der Waals surface area contributed by atoms with Gasteiger partial charge in [-0.25, -0.2) is 0 Å². The van der Waals surface area contributed by atoms with E-state index >= 15 is 0 Å². The molecule has 1 N–H and O–H groups in total. The third-order valence-corrected chi connectivity index (χ3v) is 4.45. The predicted molar refractivity (Wildman–Crippen MR) is 71.4 cm³/mol. The van der Waals surface area contributed by atoms with Crippen molar-refractivity contribution >= 4 is 0 Å². The van der Waals surface area contributed by atoms with Gasteiger partial charge < -0.3 is 5.32 Å². The van der Waals surface area contributed by atoms with Crippen molar-refractivity contribution in [1.29, 1.82) is 0 Å². The van der Waals surface area contributed by atoms with E-state index in [0.29, 0.717) is 5.92 Å². The van der Waals surface area contributed by atoms with Crippen LogP contribution in [0.4, 0.5) is 0 Å². The van der Waals surface area contributed by atoms with Crippen LogP contribution in [0.25, 0.3) is 0 Å². The van der Waals surface area contributed by atoms with Crippen LogP contribution in [0.3, 0.4) is 0 Å². The van der Waals surface area contributed by atoms with Crippen LogP contribution in [0.2, 0.25) is 0 Å². The van der Waals surface area contributed by atoms with Crippen molar-refractivity contribution in [3.8, 4) is 0 Å². The highest BCUT2D eigenvalue weighted by molar-refractivity contribution is 5.33. The van der Waals surface area contributed by atoms with E-state index < -0.39 is 0 Å². The van der Waals surface area contributed by atoms with Crippen LogP contribution in [0.1, 0.15) is 30.4 Å². The summed E-state index contributed by atoms with van der Waals surface area (Å²) in [6.07, 6.45) is 2.59. The Hall–Kier alpha value is -0.860. The van der Waals surface area contributed by atoms with Gasteiger partial charge in [0.15, 0.2) is 0 Å². The molecule has 1 aromatic carbocycles. The molecule has 2 atom stereocenters. The Kier molecular flexibility index (Phi) is 3.17. The van der Waals surface area contributed by atoms with Gasteiger partial charge in [-0.05, 0) is 29.9 Å². The lowest BCUT2D eigenvalue weighted by atomic mass is 9.79. The Morgan fingerprint density at radius 1 is 1.18 bits per heavy atom. The van der Waals surface area contributed by atoms with Gasteiger partial charge in [0.05, 0.1) is 0 Å². The highest BCUT2D eigenvalue weighted by Crippen LogP contribution is 2.34. The highest BCUT2D eigenvalue weighted by Gasteiger charge is 2.30. The maximum atomic E-state index is 3.45. The van der Waals surface area contributed by atoms with E-state index in [9.17, 15) is 0 Å². The Morgan fingerprint density at radius 3 is 2.76 bits per heavy atom. The minimum atomic E-state index is 0.693. The van der Waals surface area contributed by atoms with Crippen LogP contribution < -0.4 is 5.32 Å². The first-order chi connectivity index (χ1) is 8.36. The molecule has 92 valence electrons. The van der Waals surface area contributed by atoms with Crippen molar-refractivity contribution in [3.05, 3.63) is 35.4 Å². The third kappa shape index (κ3) is 2.12. The zero-order chi connectivity index (χ0) is 11.7. The van der Waals surface area contributed by atoms with E-state index in [1.54, 1.807) is 11.1 Å². The lowest BCUT2D eigenvalue weighted by Gasteiger charge is -2.41. The molecule has 1 saturated heterocycles. The molecule has 1 aliphatic carbocycles. The summed E-state index contributed by atoms with van der Waals surface area (Å²) in [5.41, 5.74) is 3.16. The summed E-state index contributed by atoms with van der Waals surface area (Å²) < 4.78 is 0.